The van der Waals surface area contributed by atoms with E-state index in [1.165, 1.54) is 0 Å². The minimum atomic E-state index is 0.324. The highest BCUT2D eigenvalue weighted by Crippen LogP contribution is 2.16. The lowest BCUT2D eigenvalue weighted by molar-refractivity contribution is -0.134. The standard InChI is InChI=1S/C9H18N2O/c1-3-11-7-8(6-10-2)4-5-9(11)12/h8,10H,3-7H2,1-2H3. The molecule has 1 aliphatic heterocycles. The quantitative estimate of drug-likeness (QED) is 0.667. The number of nitrogens with one attached hydrogen (secondary N) is 1. The van der Waals surface area contributed by atoms with Gasteiger partial charge in [0, 0.05) is 19.5 Å². The van der Waals surface area contributed by atoms with Gasteiger partial charge in [0.15, 0.2) is 0 Å². The molecule has 12 heavy (non-hydrogen) atoms. The van der Waals surface area contributed by atoms with Crippen LogP contribution < -0.4 is 5.32 Å². The van der Waals surface area contributed by atoms with E-state index in [1.54, 1.807) is 0 Å². The van der Waals surface area contributed by atoms with Crippen molar-refractivity contribution in [2.24, 2.45) is 5.92 Å². The maximum Gasteiger partial charge on any atom is 0.222 e. The summed E-state index contributed by atoms with van der Waals surface area (Å²) in [5, 5.41) is 3.16. The highest BCUT2D eigenvalue weighted by molar-refractivity contribution is 5.76. The van der Waals surface area contributed by atoms with Gasteiger partial charge in [0.1, 0.15) is 0 Å². The van der Waals surface area contributed by atoms with E-state index in [9.17, 15) is 4.79 Å². The number of hydrogen-bond donors (Lipinski definition) is 1. The molecule has 1 fully saturated rings. The van der Waals surface area contributed by atoms with Gasteiger partial charge in [-0.2, -0.15) is 0 Å². The van der Waals surface area contributed by atoms with Crippen LogP contribution in [0.25, 0.3) is 0 Å². The zero-order valence-corrected chi connectivity index (χ0v) is 7.97. The Morgan fingerprint density at radius 3 is 3.00 bits per heavy atom. The van der Waals surface area contributed by atoms with Crippen LogP contribution in [0.15, 0.2) is 0 Å². The number of amides is 1. The third kappa shape index (κ3) is 2.21. The van der Waals surface area contributed by atoms with E-state index in [0.717, 1.165) is 32.5 Å². The molecule has 0 saturated carbocycles. The van der Waals surface area contributed by atoms with E-state index in [-0.39, 0.29) is 0 Å². The van der Waals surface area contributed by atoms with Gasteiger partial charge in [-0.1, -0.05) is 0 Å². The summed E-state index contributed by atoms with van der Waals surface area (Å²) in [4.78, 5) is 13.2. The molecular formula is C9H18N2O. The van der Waals surface area contributed by atoms with E-state index >= 15 is 0 Å². The predicted octanol–water partition coefficient (Wildman–Crippen LogP) is 0.464. The molecule has 1 aliphatic rings. The van der Waals surface area contributed by atoms with Crippen LogP contribution in [-0.4, -0.2) is 37.5 Å². The first-order valence-electron chi connectivity index (χ1n) is 4.70. The van der Waals surface area contributed by atoms with Crippen LogP contribution in [0.4, 0.5) is 0 Å². The van der Waals surface area contributed by atoms with Crippen LogP contribution >= 0.6 is 0 Å². The zero-order chi connectivity index (χ0) is 8.97. The molecule has 0 aliphatic carbocycles. The smallest absolute Gasteiger partial charge is 0.222 e. The lowest BCUT2D eigenvalue weighted by atomic mass is 9.98. The summed E-state index contributed by atoms with van der Waals surface area (Å²) < 4.78 is 0. The molecule has 1 saturated heterocycles. The Balaban J connectivity index is 2.38. The third-order valence-corrected chi connectivity index (χ3v) is 2.47. The average molecular weight is 170 g/mol. The van der Waals surface area contributed by atoms with Crippen LogP contribution in [0.3, 0.4) is 0 Å². The Morgan fingerprint density at radius 2 is 2.42 bits per heavy atom. The van der Waals surface area contributed by atoms with Gasteiger partial charge in [0.25, 0.3) is 0 Å². The Morgan fingerprint density at radius 1 is 1.67 bits per heavy atom. The fourth-order valence-electron chi connectivity index (χ4n) is 1.75. The van der Waals surface area contributed by atoms with Crippen molar-refractivity contribution >= 4 is 5.91 Å². The zero-order valence-electron chi connectivity index (χ0n) is 7.97. The first kappa shape index (κ1) is 9.52. The Kier molecular flexibility index (Phi) is 3.53. The van der Waals surface area contributed by atoms with Crippen molar-refractivity contribution in [3.05, 3.63) is 0 Å². The number of hydrogen-bond acceptors (Lipinski definition) is 2. The SMILES string of the molecule is CCN1CC(CNC)CCC1=O. The molecule has 0 radical (unpaired) electrons. The molecular weight excluding hydrogens is 152 g/mol. The van der Waals surface area contributed by atoms with Crippen LogP contribution in [0, 0.1) is 5.92 Å². The maximum absolute atomic E-state index is 11.3. The van der Waals surface area contributed by atoms with E-state index in [0.29, 0.717) is 11.8 Å². The minimum absolute atomic E-state index is 0.324. The molecule has 0 bridgehead atoms. The second-order valence-corrected chi connectivity index (χ2v) is 3.39. The maximum atomic E-state index is 11.3. The van der Waals surface area contributed by atoms with Gasteiger partial charge >= 0.3 is 0 Å². The van der Waals surface area contributed by atoms with Gasteiger partial charge in [-0.25, -0.2) is 0 Å². The molecule has 0 spiro atoms. The highest BCUT2D eigenvalue weighted by atomic mass is 16.2. The first-order chi connectivity index (χ1) is 5.77. The molecule has 0 aromatic rings. The molecule has 3 nitrogen and oxygen atoms in total. The lowest BCUT2D eigenvalue weighted by Gasteiger charge is -2.31. The van der Waals surface area contributed by atoms with Crippen LogP contribution in [0.5, 0.6) is 0 Å². The third-order valence-electron chi connectivity index (χ3n) is 2.47. The van der Waals surface area contributed by atoms with Crippen LogP contribution in [0.2, 0.25) is 0 Å². The monoisotopic (exact) mass is 170 g/mol. The normalized spacial score (nSPS) is 24.7. The Labute approximate surface area is 74.1 Å². The molecule has 1 N–H and O–H groups in total. The van der Waals surface area contributed by atoms with Gasteiger partial charge in [-0.15, -0.1) is 0 Å². The number of piperidine rings is 1. The number of carbonyl (C=O) groups is 1. The van der Waals surface area contributed by atoms with Crippen LogP contribution in [0.1, 0.15) is 19.8 Å². The van der Waals surface area contributed by atoms with Crippen molar-refractivity contribution < 1.29 is 4.79 Å². The number of carbonyl (C=O) groups excluding carboxylic acids is 1. The summed E-state index contributed by atoms with van der Waals surface area (Å²) in [7, 11) is 1.96. The van der Waals surface area contributed by atoms with Gasteiger partial charge in [0.2, 0.25) is 5.91 Å². The van der Waals surface area contributed by atoms with Gasteiger partial charge in [0.05, 0.1) is 0 Å². The van der Waals surface area contributed by atoms with Crippen LogP contribution in [-0.2, 0) is 4.79 Å². The molecule has 1 heterocycles. The average Bonchev–Trinajstić information content (AvgIpc) is 2.09. The molecule has 3 heteroatoms. The summed E-state index contributed by atoms with van der Waals surface area (Å²) in [6.45, 7) is 4.87. The van der Waals surface area contributed by atoms with Crippen molar-refractivity contribution in [2.45, 2.75) is 19.8 Å². The Hall–Kier alpha value is -0.570. The fraction of sp³-hybridized carbons (Fsp3) is 0.889. The molecule has 1 unspecified atom stereocenters. The molecule has 70 valence electrons. The molecule has 1 amide bonds. The number of rotatable bonds is 3. The van der Waals surface area contributed by atoms with Gasteiger partial charge in [-0.05, 0) is 32.9 Å². The summed E-state index contributed by atoms with van der Waals surface area (Å²) >= 11 is 0. The van der Waals surface area contributed by atoms with Gasteiger partial charge < -0.3 is 10.2 Å². The second kappa shape index (κ2) is 4.45. The summed E-state index contributed by atoms with van der Waals surface area (Å²) in [5.74, 6) is 0.984. The Bertz CT molecular complexity index is 159. The van der Waals surface area contributed by atoms with Gasteiger partial charge in [-0.3, -0.25) is 4.79 Å². The second-order valence-electron chi connectivity index (χ2n) is 3.39. The van der Waals surface area contributed by atoms with E-state index < -0.39 is 0 Å². The molecule has 0 aromatic heterocycles. The number of likely N-dealkylation sites (tertiary alicyclic amines) is 1. The van der Waals surface area contributed by atoms with Crippen molar-refractivity contribution in [1.29, 1.82) is 0 Å². The minimum Gasteiger partial charge on any atom is -0.343 e. The van der Waals surface area contributed by atoms with Crippen molar-refractivity contribution in [2.75, 3.05) is 26.7 Å². The predicted molar refractivity (Wildman–Crippen MR) is 48.9 cm³/mol. The van der Waals surface area contributed by atoms with E-state index in [4.69, 9.17) is 0 Å². The lowest BCUT2D eigenvalue weighted by Crippen LogP contribution is -2.42. The number of nitrogens with zero attached hydrogens (tertiary/aromatic N) is 1. The topological polar surface area (TPSA) is 32.3 Å². The first-order valence-corrected chi connectivity index (χ1v) is 4.70. The summed E-state index contributed by atoms with van der Waals surface area (Å²) in [5.41, 5.74) is 0. The van der Waals surface area contributed by atoms with E-state index in [2.05, 4.69) is 5.32 Å². The summed E-state index contributed by atoms with van der Waals surface area (Å²) in [6.07, 6.45) is 1.79. The largest absolute Gasteiger partial charge is 0.343 e. The highest BCUT2D eigenvalue weighted by Gasteiger charge is 2.23. The van der Waals surface area contributed by atoms with Crippen molar-refractivity contribution in [3.63, 3.8) is 0 Å². The van der Waals surface area contributed by atoms with Crippen molar-refractivity contribution in [3.8, 4) is 0 Å². The molecule has 1 rings (SSSR count). The molecule has 0 aromatic carbocycles. The fourth-order valence-corrected chi connectivity index (χ4v) is 1.75. The van der Waals surface area contributed by atoms with E-state index in [1.807, 2.05) is 18.9 Å². The molecule has 1 atom stereocenters. The van der Waals surface area contributed by atoms with Crippen molar-refractivity contribution in [1.82, 2.24) is 10.2 Å². The summed E-state index contributed by atoms with van der Waals surface area (Å²) in [6, 6.07) is 0.